The van der Waals surface area contributed by atoms with E-state index in [9.17, 15) is 13.2 Å². The number of ether oxygens (including phenoxy) is 1. The molecule has 0 atom stereocenters. The van der Waals surface area contributed by atoms with Crippen molar-refractivity contribution in [1.29, 1.82) is 0 Å². The van der Waals surface area contributed by atoms with Crippen molar-refractivity contribution in [2.75, 3.05) is 7.11 Å². The molecule has 0 spiro atoms. The summed E-state index contributed by atoms with van der Waals surface area (Å²) in [4.78, 5) is 14.3. The first-order chi connectivity index (χ1) is 13.0. The van der Waals surface area contributed by atoms with Crippen LogP contribution in [0.4, 0.5) is 0 Å². The molecule has 7 heteroatoms. The van der Waals surface area contributed by atoms with Gasteiger partial charge in [0.15, 0.2) is 9.84 Å². The van der Waals surface area contributed by atoms with Gasteiger partial charge >= 0.3 is 0 Å². The number of hydrogen-bond donors (Lipinski definition) is 1. The number of nitrogens with one attached hydrogen (secondary N) is 1. The minimum Gasteiger partial charge on any atom is -0.497 e. The molecule has 1 aromatic heterocycles. The Morgan fingerprint density at radius 1 is 1.15 bits per heavy atom. The summed E-state index contributed by atoms with van der Waals surface area (Å²) in [6, 6.07) is 16.1. The molecule has 0 aliphatic carbocycles. The van der Waals surface area contributed by atoms with Crippen molar-refractivity contribution >= 4 is 27.1 Å². The molecule has 4 rings (SSSR count). The summed E-state index contributed by atoms with van der Waals surface area (Å²) in [5.41, 5.74) is 2.29. The lowest BCUT2D eigenvalue weighted by molar-refractivity contribution is 0.0955. The summed E-state index contributed by atoms with van der Waals surface area (Å²) in [5, 5.41) is 2.89. The van der Waals surface area contributed by atoms with Crippen LogP contribution in [0.1, 0.15) is 20.8 Å². The molecule has 1 N–H and O–H groups in total. The first-order valence-corrected chi connectivity index (χ1v) is 10.8. The molecule has 2 heterocycles. The smallest absolute Gasteiger partial charge is 0.261 e. The SMILES string of the molecule is COc1cccc(CNC(=O)c2cc3c(s2)-c2ccccc2S(=O)(=O)C3)c1. The maximum absolute atomic E-state index is 12.6. The van der Waals surface area contributed by atoms with Gasteiger partial charge < -0.3 is 10.1 Å². The zero-order valence-corrected chi connectivity index (χ0v) is 16.2. The number of fused-ring (bicyclic) bond motifs is 3. The van der Waals surface area contributed by atoms with Gasteiger partial charge in [0.1, 0.15) is 5.75 Å². The van der Waals surface area contributed by atoms with Crippen LogP contribution >= 0.6 is 11.3 Å². The van der Waals surface area contributed by atoms with E-state index in [-0.39, 0.29) is 11.7 Å². The molecule has 0 bridgehead atoms. The van der Waals surface area contributed by atoms with Crippen LogP contribution in [0.2, 0.25) is 0 Å². The fourth-order valence-electron chi connectivity index (χ4n) is 3.14. The Balaban J connectivity index is 1.58. The van der Waals surface area contributed by atoms with Crippen molar-refractivity contribution < 1.29 is 17.9 Å². The molecule has 0 radical (unpaired) electrons. The van der Waals surface area contributed by atoms with Crippen molar-refractivity contribution in [3.05, 3.63) is 70.6 Å². The third kappa shape index (κ3) is 3.36. The van der Waals surface area contributed by atoms with Crippen molar-refractivity contribution in [2.24, 2.45) is 0 Å². The predicted octanol–water partition coefficient (Wildman–Crippen LogP) is 3.64. The molecule has 1 amide bonds. The zero-order valence-electron chi connectivity index (χ0n) is 14.6. The average molecular weight is 399 g/mol. The predicted molar refractivity (Wildman–Crippen MR) is 105 cm³/mol. The zero-order chi connectivity index (χ0) is 19.0. The molecule has 138 valence electrons. The fourth-order valence-corrected chi connectivity index (χ4v) is 6.01. The van der Waals surface area contributed by atoms with Crippen LogP contribution in [0.3, 0.4) is 0 Å². The van der Waals surface area contributed by atoms with Gasteiger partial charge in [-0.1, -0.05) is 30.3 Å². The topological polar surface area (TPSA) is 72.5 Å². The Morgan fingerprint density at radius 2 is 1.96 bits per heavy atom. The minimum absolute atomic E-state index is 0.0704. The molecule has 3 aromatic rings. The number of benzene rings is 2. The van der Waals surface area contributed by atoms with Gasteiger partial charge in [-0.15, -0.1) is 11.3 Å². The van der Waals surface area contributed by atoms with E-state index in [1.165, 1.54) is 11.3 Å². The summed E-state index contributed by atoms with van der Waals surface area (Å²) in [6.45, 7) is 0.369. The highest BCUT2D eigenvalue weighted by Crippen LogP contribution is 2.42. The second-order valence-electron chi connectivity index (χ2n) is 6.25. The average Bonchev–Trinajstić information content (AvgIpc) is 3.10. The number of sulfone groups is 1. The number of rotatable bonds is 4. The molecule has 1 aliphatic rings. The van der Waals surface area contributed by atoms with E-state index < -0.39 is 9.84 Å². The second kappa shape index (κ2) is 6.83. The van der Waals surface area contributed by atoms with Gasteiger partial charge in [-0.05, 0) is 35.4 Å². The molecule has 0 fully saturated rings. The second-order valence-corrected chi connectivity index (χ2v) is 9.26. The quantitative estimate of drug-likeness (QED) is 0.727. The third-order valence-electron chi connectivity index (χ3n) is 4.43. The van der Waals surface area contributed by atoms with E-state index in [1.54, 1.807) is 31.4 Å². The van der Waals surface area contributed by atoms with E-state index in [0.29, 0.717) is 27.4 Å². The number of hydrogen-bond acceptors (Lipinski definition) is 5. The first-order valence-electron chi connectivity index (χ1n) is 8.34. The van der Waals surface area contributed by atoms with E-state index >= 15 is 0 Å². The van der Waals surface area contributed by atoms with Gasteiger partial charge in [0.2, 0.25) is 0 Å². The molecule has 0 unspecified atom stereocenters. The van der Waals surface area contributed by atoms with E-state index in [1.807, 2.05) is 30.3 Å². The molecule has 1 aliphatic heterocycles. The van der Waals surface area contributed by atoms with Crippen LogP contribution in [0.15, 0.2) is 59.5 Å². The lowest BCUT2D eigenvalue weighted by Crippen LogP contribution is -2.21. The first kappa shape index (κ1) is 17.8. The Bertz CT molecular complexity index is 1130. The van der Waals surface area contributed by atoms with Crippen LogP contribution in [0.25, 0.3) is 10.4 Å². The van der Waals surface area contributed by atoms with Crippen LogP contribution in [-0.4, -0.2) is 21.4 Å². The van der Waals surface area contributed by atoms with Crippen LogP contribution in [0, 0.1) is 0 Å². The van der Waals surface area contributed by atoms with E-state index in [2.05, 4.69) is 5.32 Å². The lowest BCUT2D eigenvalue weighted by atomic mass is 10.1. The Labute approximate surface area is 161 Å². The maximum Gasteiger partial charge on any atom is 0.261 e. The highest BCUT2D eigenvalue weighted by molar-refractivity contribution is 7.91. The highest BCUT2D eigenvalue weighted by Gasteiger charge is 2.30. The molecule has 27 heavy (non-hydrogen) atoms. The largest absolute Gasteiger partial charge is 0.497 e. The normalized spacial score (nSPS) is 14.1. The van der Waals surface area contributed by atoms with Gasteiger partial charge in [-0.2, -0.15) is 0 Å². The van der Waals surface area contributed by atoms with Crippen molar-refractivity contribution in [1.82, 2.24) is 5.32 Å². The number of carbonyl (C=O) groups excluding carboxylic acids is 1. The van der Waals surface area contributed by atoms with Gasteiger partial charge in [0.25, 0.3) is 5.91 Å². The van der Waals surface area contributed by atoms with Gasteiger partial charge in [-0.25, -0.2) is 8.42 Å². The van der Waals surface area contributed by atoms with Crippen LogP contribution in [0.5, 0.6) is 5.75 Å². The number of methoxy groups -OCH3 is 1. The van der Waals surface area contributed by atoms with Gasteiger partial charge in [0, 0.05) is 17.0 Å². The fraction of sp³-hybridized carbons (Fsp3) is 0.150. The molecule has 2 aromatic carbocycles. The molecular formula is C20H17NO4S2. The summed E-state index contributed by atoms with van der Waals surface area (Å²) in [7, 11) is -1.77. The Kier molecular flexibility index (Phi) is 4.49. The highest BCUT2D eigenvalue weighted by atomic mass is 32.2. The standard InChI is InChI=1S/C20H17NO4S2/c1-25-15-6-4-5-13(9-15)11-21-20(22)17-10-14-12-27(23,24)18-8-3-2-7-16(18)19(14)26-17/h2-10H,11-12H2,1H3,(H,21,22). The minimum atomic E-state index is -3.37. The maximum atomic E-state index is 12.6. The molecule has 5 nitrogen and oxygen atoms in total. The monoisotopic (exact) mass is 399 g/mol. The lowest BCUT2D eigenvalue weighted by Gasteiger charge is -2.15. The molecular weight excluding hydrogens is 382 g/mol. The number of carbonyl (C=O) groups is 1. The Hall–Kier alpha value is -2.64. The summed E-state index contributed by atoms with van der Waals surface area (Å²) in [6.07, 6.45) is 0. The summed E-state index contributed by atoms with van der Waals surface area (Å²) >= 11 is 1.33. The van der Waals surface area contributed by atoms with Crippen molar-refractivity contribution in [3.63, 3.8) is 0 Å². The molecule has 0 saturated heterocycles. The van der Waals surface area contributed by atoms with Crippen LogP contribution < -0.4 is 10.1 Å². The Morgan fingerprint density at radius 3 is 2.78 bits per heavy atom. The van der Waals surface area contributed by atoms with Crippen LogP contribution in [-0.2, 0) is 22.1 Å². The number of amides is 1. The van der Waals surface area contributed by atoms with Crippen molar-refractivity contribution in [3.8, 4) is 16.2 Å². The third-order valence-corrected chi connectivity index (χ3v) is 7.36. The molecule has 0 saturated carbocycles. The van der Waals surface area contributed by atoms with Crippen molar-refractivity contribution in [2.45, 2.75) is 17.2 Å². The van der Waals surface area contributed by atoms with E-state index in [4.69, 9.17) is 4.74 Å². The van der Waals surface area contributed by atoms with E-state index in [0.717, 1.165) is 16.2 Å². The van der Waals surface area contributed by atoms with Gasteiger partial charge in [0.05, 0.1) is 22.6 Å². The number of thiophene rings is 1. The summed E-state index contributed by atoms with van der Waals surface area (Å²) in [5.74, 6) is 0.446. The van der Waals surface area contributed by atoms with Gasteiger partial charge in [-0.3, -0.25) is 4.79 Å². The summed E-state index contributed by atoms with van der Waals surface area (Å²) < 4.78 is 30.1.